The predicted octanol–water partition coefficient (Wildman–Crippen LogP) is 3.38. The number of aryl methyl sites for hydroxylation is 2. The second kappa shape index (κ2) is 8.80. The Hall–Kier alpha value is -2.41. The van der Waals surface area contributed by atoms with Crippen LogP contribution < -0.4 is 5.32 Å². The minimum absolute atomic E-state index is 0.0159. The smallest absolute Gasteiger partial charge is 0.371 e. The van der Waals surface area contributed by atoms with Gasteiger partial charge in [-0.15, -0.1) is 0 Å². The Morgan fingerprint density at radius 3 is 2.27 bits per heavy atom. The summed E-state index contributed by atoms with van der Waals surface area (Å²) in [7, 11) is -1.54. The largest absolute Gasteiger partial charge is 0.475 e. The Balaban J connectivity index is 2.09. The fraction of sp³-hybridized carbons (Fsp3) is 0.368. The van der Waals surface area contributed by atoms with Crippen LogP contribution in [0.2, 0.25) is 0 Å². The first kappa shape index (κ1) is 19.9. The first-order valence-electron chi connectivity index (χ1n) is 8.48. The van der Waals surface area contributed by atoms with Crippen LogP contribution in [0.4, 0.5) is 5.69 Å². The van der Waals surface area contributed by atoms with Gasteiger partial charge in [-0.05, 0) is 43.0 Å². The summed E-state index contributed by atoms with van der Waals surface area (Å²) in [6.45, 7) is 5.62. The van der Waals surface area contributed by atoms with E-state index >= 15 is 0 Å². The number of hydrogen-bond donors (Lipinski definition) is 2. The molecule has 0 aliphatic heterocycles. The molecule has 0 saturated heterocycles. The summed E-state index contributed by atoms with van der Waals surface area (Å²) in [6, 6.07) is 8.67. The van der Waals surface area contributed by atoms with Crippen LogP contribution in [0, 0.1) is 0 Å². The van der Waals surface area contributed by atoms with Crippen molar-refractivity contribution in [1.82, 2.24) is 0 Å². The van der Waals surface area contributed by atoms with Gasteiger partial charge in [0, 0.05) is 16.5 Å². The normalized spacial score (nSPS) is 13.2. The van der Waals surface area contributed by atoms with Gasteiger partial charge < -0.3 is 14.8 Å². The minimum Gasteiger partial charge on any atom is -0.475 e. The molecule has 2 N–H and O–H groups in total. The molecule has 0 saturated carbocycles. The first-order chi connectivity index (χ1) is 12.4. The van der Waals surface area contributed by atoms with Crippen molar-refractivity contribution in [2.24, 2.45) is 0 Å². The Labute approximate surface area is 155 Å². The predicted molar refractivity (Wildman–Crippen MR) is 101 cm³/mol. The van der Waals surface area contributed by atoms with Gasteiger partial charge in [-0.25, -0.2) is 4.79 Å². The highest BCUT2D eigenvalue weighted by Gasteiger charge is 2.23. The maximum absolute atomic E-state index is 12.6. The van der Waals surface area contributed by atoms with Gasteiger partial charge in [-0.2, -0.15) is 0 Å². The monoisotopic (exact) mass is 377 g/mol. The number of hydrogen-bond acceptors (Lipinski definition) is 4. The van der Waals surface area contributed by atoms with Crippen molar-refractivity contribution in [3.05, 3.63) is 53.0 Å². The van der Waals surface area contributed by atoms with Crippen molar-refractivity contribution in [2.75, 3.05) is 5.32 Å². The lowest BCUT2D eigenvalue weighted by Gasteiger charge is -2.17. The number of anilines is 1. The number of carboxylic acids is 1. The maximum atomic E-state index is 12.6. The second-order valence-corrected chi connectivity index (χ2v) is 7.64. The van der Waals surface area contributed by atoms with E-state index < -0.39 is 22.0 Å². The number of benzene rings is 1. The van der Waals surface area contributed by atoms with E-state index in [0.717, 1.165) is 29.7 Å². The standard InChI is InChI=1S/C19H23NO5S/c1-4-13-7-6-8-14(5-2)17(13)20-18(21)12(3)26(24)11-15-9-10-16(25-15)19(22)23/h6-10,12H,4-5,11H2,1-3H3,(H,20,21)(H,22,23). The summed E-state index contributed by atoms with van der Waals surface area (Å²) in [4.78, 5) is 23.4. The highest BCUT2D eigenvalue weighted by Crippen LogP contribution is 2.23. The zero-order chi connectivity index (χ0) is 19.3. The van der Waals surface area contributed by atoms with Crippen molar-refractivity contribution in [3.63, 3.8) is 0 Å². The summed E-state index contributed by atoms with van der Waals surface area (Å²) in [5, 5.41) is 11.0. The topological polar surface area (TPSA) is 96.6 Å². The Kier molecular flexibility index (Phi) is 6.74. The van der Waals surface area contributed by atoms with Crippen LogP contribution in [0.25, 0.3) is 0 Å². The molecule has 2 rings (SSSR count). The zero-order valence-corrected chi connectivity index (χ0v) is 15.9. The molecule has 0 spiro atoms. The van der Waals surface area contributed by atoms with E-state index in [0.29, 0.717) is 0 Å². The Bertz CT molecular complexity index is 805. The van der Waals surface area contributed by atoms with E-state index in [9.17, 15) is 13.8 Å². The van der Waals surface area contributed by atoms with Crippen molar-refractivity contribution in [2.45, 2.75) is 44.6 Å². The average Bonchev–Trinajstić information content (AvgIpc) is 3.09. The van der Waals surface area contributed by atoms with E-state index in [1.54, 1.807) is 6.92 Å². The lowest BCUT2D eigenvalue weighted by Crippen LogP contribution is -2.30. The van der Waals surface area contributed by atoms with Crippen LogP contribution in [0.3, 0.4) is 0 Å². The SMILES string of the molecule is CCc1cccc(CC)c1NC(=O)C(C)S(=O)Cc1ccc(C(=O)O)o1. The van der Waals surface area contributed by atoms with Gasteiger partial charge in [0.2, 0.25) is 11.7 Å². The van der Waals surface area contributed by atoms with Gasteiger partial charge in [0.1, 0.15) is 11.0 Å². The summed E-state index contributed by atoms with van der Waals surface area (Å²) >= 11 is 0. The molecule has 0 aliphatic carbocycles. The van der Waals surface area contributed by atoms with Crippen LogP contribution in [-0.4, -0.2) is 26.4 Å². The number of carbonyl (C=O) groups excluding carboxylic acids is 1. The Morgan fingerprint density at radius 1 is 1.15 bits per heavy atom. The molecule has 1 aromatic heterocycles. The van der Waals surface area contributed by atoms with E-state index in [1.165, 1.54) is 12.1 Å². The van der Waals surface area contributed by atoms with Gasteiger partial charge in [0.05, 0.1) is 5.75 Å². The third-order valence-electron chi connectivity index (χ3n) is 4.17. The number of rotatable bonds is 8. The third kappa shape index (κ3) is 4.60. The summed E-state index contributed by atoms with van der Waals surface area (Å²) in [5.41, 5.74) is 2.86. The maximum Gasteiger partial charge on any atom is 0.371 e. The molecular weight excluding hydrogens is 354 g/mol. The number of nitrogens with one attached hydrogen (secondary N) is 1. The molecular formula is C19H23NO5S. The molecule has 7 heteroatoms. The van der Waals surface area contributed by atoms with Crippen LogP contribution in [0.15, 0.2) is 34.7 Å². The van der Waals surface area contributed by atoms with E-state index in [4.69, 9.17) is 9.52 Å². The third-order valence-corrected chi connectivity index (χ3v) is 5.74. The molecule has 0 aliphatic rings. The van der Waals surface area contributed by atoms with Gasteiger partial charge in [0.25, 0.3) is 0 Å². The molecule has 26 heavy (non-hydrogen) atoms. The van der Waals surface area contributed by atoms with Gasteiger partial charge in [-0.1, -0.05) is 32.0 Å². The molecule has 2 unspecified atom stereocenters. The van der Waals surface area contributed by atoms with Crippen LogP contribution in [-0.2, 0) is 34.2 Å². The molecule has 0 radical (unpaired) electrons. The fourth-order valence-electron chi connectivity index (χ4n) is 2.58. The second-order valence-electron chi connectivity index (χ2n) is 5.89. The lowest BCUT2D eigenvalue weighted by molar-refractivity contribution is -0.115. The van der Waals surface area contributed by atoms with Gasteiger partial charge in [-0.3, -0.25) is 9.00 Å². The molecule has 1 aromatic carbocycles. The summed E-state index contributed by atoms with van der Waals surface area (Å²) in [6.07, 6.45) is 1.57. The Morgan fingerprint density at radius 2 is 1.77 bits per heavy atom. The van der Waals surface area contributed by atoms with Crippen molar-refractivity contribution in [3.8, 4) is 0 Å². The first-order valence-corrected chi connectivity index (χ1v) is 9.86. The number of carboxylic acid groups (broad SMARTS) is 1. The number of furan rings is 1. The summed E-state index contributed by atoms with van der Waals surface area (Å²) < 4.78 is 17.6. The van der Waals surface area contributed by atoms with Crippen LogP contribution in [0.5, 0.6) is 0 Å². The lowest BCUT2D eigenvalue weighted by atomic mass is 10.0. The number of para-hydroxylation sites is 1. The van der Waals surface area contributed by atoms with Gasteiger partial charge >= 0.3 is 5.97 Å². The van der Waals surface area contributed by atoms with E-state index in [1.807, 2.05) is 32.0 Å². The molecule has 140 valence electrons. The van der Waals surface area contributed by atoms with E-state index in [-0.39, 0.29) is 23.2 Å². The van der Waals surface area contributed by atoms with Crippen molar-refractivity contribution >= 4 is 28.4 Å². The summed E-state index contributed by atoms with van der Waals surface area (Å²) in [5.74, 6) is -1.46. The molecule has 1 amide bonds. The number of aromatic carboxylic acids is 1. The fourth-order valence-corrected chi connectivity index (χ4v) is 3.57. The van der Waals surface area contributed by atoms with Crippen molar-refractivity contribution < 1.29 is 23.3 Å². The number of amides is 1. The van der Waals surface area contributed by atoms with E-state index in [2.05, 4.69) is 5.32 Å². The highest BCUT2D eigenvalue weighted by atomic mass is 32.2. The molecule has 1 heterocycles. The average molecular weight is 377 g/mol. The quantitative estimate of drug-likeness (QED) is 0.735. The molecule has 0 fully saturated rings. The number of carbonyl (C=O) groups is 2. The van der Waals surface area contributed by atoms with Gasteiger partial charge in [0.15, 0.2) is 0 Å². The molecule has 0 bridgehead atoms. The van der Waals surface area contributed by atoms with Crippen LogP contribution in [0.1, 0.15) is 48.2 Å². The molecule has 2 aromatic rings. The highest BCUT2D eigenvalue weighted by molar-refractivity contribution is 7.85. The molecule has 2 atom stereocenters. The minimum atomic E-state index is -1.54. The van der Waals surface area contributed by atoms with Crippen LogP contribution >= 0.6 is 0 Å². The zero-order valence-electron chi connectivity index (χ0n) is 15.1. The van der Waals surface area contributed by atoms with Crippen molar-refractivity contribution in [1.29, 1.82) is 0 Å². The molecule has 6 nitrogen and oxygen atoms in total.